The lowest BCUT2D eigenvalue weighted by Gasteiger charge is -2.28. The number of aromatic nitrogens is 2. The van der Waals surface area contributed by atoms with Crippen LogP contribution in [0.25, 0.3) is 5.65 Å². The van der Waals surface area contributed by atoms with Crippen LogP contribution in [0.4, 0.5) is 11.4 Å². The van der Waals surface area contributed by atoms with E-state index >= 15 is 0 Å². The van der Waals surface area contributed by atoms with Crippen molar-refractivity contribution in [2.75, 3.05) is 23.3 Å². The second kappa shape index (κ2) is 9.14. The van der Waals surface area contributed by atoms with Crippen LogP contribution in [-0.2, 0) is 6.61 Å². The second-order valence-electron chi connectivity index (χ2n) is 8.03. The van der Waals surface area contributed by atoms with Gasteiger partial charge in [-0.2, -0.15) is 0 Å². The number of nitrogens with zero attached hydrogens (tertiary/aromatic N) is 3. The molecule has 1 amide bonds. The minimum Gasteiger partial charge on any atom is -0.486 e. The molecule has 1 N–H and O–H groups in total. The molecule has 1 aliphatic heterocycles. The fourth-order valence-corrected chi connectivity index (χ4v) is 4.09. The number of amides is 1. The van der Waals surface area contributed by atoms with E-state index in [2.05, 4.69) is 27.3 Å². The molecule has 162 valence electrons. The van der Waals surface area contributed by atoms with Gasteiger partial charge in [-0.3, -0.25) is 4.79 Å². The van der Waals surface area contributed by atoms with Gasteiger partial charge in [0.15, 0.2) is 0 Å². The van der Waals surface area contributed by atoms with Crippen LogP contribution in [0.5, 0.6) is 5.75 Å². The standard InChI is InChI=1S/C26H26N4O2/c31-26(28-20-11-13-22(14-12-20)29-15-5-1-6-16-29)23-8-2-3-9-24(23)32-19-21-18-30-17-7-4-10-25(30)27-21/h2-4,7-14,17-18H,1,5-6,15-16,19H2,(H,28,31). The molecule has 2 aromatic carbocycles. The highest BCUT2D eigenvalue weighted by molar-refractivity contribution is 6.06. The Kier molecular flexibility index (Phi) is 5.75. The first kappa shape index (κ1) is 20.1. The minimum absolute atomic E-state index is 0.193. The van der Waals surface area contributed by atoms with E-state index in [0.29, 0.717) is 11.3 Å². The molecule has 4 aromatic rings. The molecule has 5 rings (SSSR count). The number of nitrogens with one attached hydrogen (secondary N) is 1. The Balaban J connectivity index is 1.26. The van der Waals surface area contributed by atoms with Crippen molar-refractivity contribution >= 4 is 22.9 Å². The molecule has 0 spiro atoms. The van der Waals surface area contributed by atoms with Gasteiger partial charge < -0.3 is 19.4 Å². The van der Waals surface area contributed by atoms with Crippen molar-refractivity contribution in [2.24, 2.45) is 0 Å². The summed E-state index contributed by atoms with van der Waals surface area (Å²) in [4.78, 5) is 19.9. The summed E-state index contributed by atoms with van der Waals surface area (Å²) in [5.74, 6) is 0.341. The molecule has 6 heteroatoms. The van der Waals surface area contributed by atoms with Crippen LogP contribution in [0.1, 0.15) is 35.3 Å². The van der Waals surface area contributed by atoms with E-state index in [9.17, 15) is 4.79 Å². The molecular formula is C26H26N4O2. The smallest absolute Gasteiger partial charge is 0.259 e. The maximum absolute atomic E-state index is 13.0. The summed E-state index contributed by atoms with van der Waals surface area (Å²) in [6.07, 6.45) is 7.67. The normalized spacial score (nSPS) is 13.8. The third-order valence-corrected chi connectivity index (χ3v) is 5.77. The number of imidazole rings is 1. The highest BCUT2D eigenvalue weighted by atomic mass is 16.5. The Morgan fingerprint density at radius 1 is 0.938 bits per heavy atom. The largest absolute Gasteiger partial charge is 0.486 e. The summed E-state index contributed by atoms with van der Waals surface area (Å²) in [6.45, 7) is 2.49. The Labute approximate surface area is 187 Å². The number of carbonyl (C=O) groups is 1. The monoisotopic (exact) mass is 426 g/mol. The van der Waals surface area contributed by atoms with Gasteiger partial charge in [-0.15, -0.1) is 0 Å². The molecule has 0 radical (unpaired) electrons. The van der Waals surface area contributed by atoms with Crippen molar-refractivity contribution in [1.82, 2.24) is 9.38 Å². The number of piperidine rings is 1. The minimum atomic E-state index is -0.193. The van der Waals surface area contributed by atoms with E-state index in [4.69, 9.17) is 4.74 Å². The quantitative estimate of drug-likeness (QED) is 0.463. The molecule has 1 fully saturated rings. The van der Waals surface area contributed by atoms with Crippen molar-refractivity contribution in [3.63, 3.8) is 0 Å². The molecule has 1 saturated heterocycles. The topological polar surface area (TPSA) is 58.9 Å². The van der Waals surface area contributed by atoms with Gasteiger partial charge in [0.1, 0.15) is 18.0 Å². The number of ether oxygens (including phenoxy) is 1. The lowest BCUT2D eigenvalue weighted by Crippen LogP contribution is -2.29. The number of benzene rings is 2. The third-order valence-electron chi connectivity index (χ3n) is 5.77. The number of anilines is 2. The van der Waals surface area contributed by atoms with Gasteiger partial charge in [0.25, 0.3) is 5.91 Å². The summed E-state index contributed by atoms with van der Waals surface area (Å²) < 4.78 is 7.92. The van der Waals surface area contributed by atoms with Gasteiger partial charge in [0.2, 0.25) is 0 Å². The van der Waals surface area contributed by atoms with Crippen LogP contribution in [0, 0.1) is 0 Å². The van der Waals surface area contributed by atoms with E-state index in [1.54, 1.807) is 6.07 Å². The maximum Gasteiger partial charge on any atom is 0.259 e. The third kappa shape index (κ3) is 4.44. The summed E-state index contributed by atoms with van der Waals surface area (Å²) in [6, 6.07) is 21.2. The Hall–Kier alpha value is -3.80. The molecule has 0 saturated carbocycles. The van der Waals surface area contributed by atoms with E-state index in [1.165, 1.54) is 24.9 Å². The zero-order valence-corrected chi connectivity index (χ0v) is 17.9. The molecule has 1 aliphatic rings. The summed E-state index contributed by atoms with van der Waals surface area (Å²) >= 11 is 0. The van der Waals surface area contributed by atoms with Crippen LogP contribution >= 0.6 is 0 Å². The average molecular weight is 427 g/mol. The predicted octanol–water partition coefficient (Wildman–Crippen LogP) is 5.16. The van der Waals surface area contributed by atoms with Gasteiger partial charge in [0.05, 0.1) is 11.3 Å². The molecule has 0 aliphatic carbocycles. The van der Waals surface area contributed by atoms with Crippen molar-refractivity contribution in [2.45, 2.75) is 25.9 Å². The van der Waals surface area contributed by atoms with Crippen LogP contribution in [0.3, 0.4) is 0 Å². The van der Waals surface area contributed by atoms with Crippen molar-refractivity contribution in [3.8, 4) is 5.75 Å². The van der Waals surface area contributed by atoms with Crippen LogP contribution < -0.4 is 15.0 Å². The predicted molar refractivity (Wildman–Crippen MR) is 126 cm³/mol. The van der Waals surface area contributed by atoms with Crippen molar-refractivity contribution in [3.05, 3.63) is 90.4 Å². The van der Waals surface area contributed by atoms with Gasteiger partial charge >= 0.3 is 0 Å². The number of para-hydroxylation sites is 1. The second-order valence-corrected chi connectivity index (χ2v) is 8.03. The Morgan fingerprint density at radius 3 is 2.53 bits per heavy atom. The van der Waals surface area contributed by atoms with Crippen molar-refractivity contribution < 1.29 is 9.53 Å². The molecule has 3 heterocycles. The SMILES string of the molecule is O=C(Nc1ccc(N2CCCCC2)cc1)c1ccccc1OCc1cn2ccccc2n1. The van der Waals surface area contributed by atoms with Gasteiger partial charge in [-0.25, -0.2) is 4.98 Å². The van der Waals surface area contributed by atoms with Gasteiger partial charge in [0, 0.05) is 36.9 Å². The van der Waals surface area contributed by atoms with E-state index in [0.717, 1.165) is 30.1 Å². The first-order chi connectivity index (χ1) is 15.8. The van der Waals surface area contributed by atoms with Crippen LogP contribution in [-0.4, -0.2) is 28.4 Å². The lowest BCUT2D eigenvalue weighted by atomic mass is 10.1. The number of carbonyl (C=O) groups excluding carboxylic acids is 1. The molecular weight excluding hydrogens is 400 g/mol. The van der Waals surface area contributed by atoms with Crippen molar-refractivity contribution in [1.29, 1.82) is 0 Å². The first-order valence-corrected chi connectivity index (χ1v) is 11.1. The first-order valence-electron chi connectivity index (χ1n) is 11.1. The lowest BCUT2D eigenvalue weighted by molar-refractivity contribution is 0.102. The fourth-order valence-electron chi connectivity index (χ4n) is 4.09. The zero-order valence-electron chi connectivity index (χ0n) is 17.9. The number of hydrogen-bond donors (Lipinski definition) is 1. The number of hydrogen-bond acceptors (Lipinski definition) is 4. The summed E-state index contributed by atoms with van der Waals surface area (Å²) in [5.41, 5.74) is 4.14. The summed E-state index contributed by atoms with van der Waals surface area (Å²) in [5, 5.41) is 2.99. The van der Waals surface area contributed by atoms with E-state index in [1.807, 2.05) is 65.3 Å². The van der Waals surface area contributed by atoms with E-state index < -0.39 is 0 Å². The molecule has 2 aromatic heterocycles. The highest BCUT2D eigenvalue weighted by Gasteiger charge is 2.14. The van der Waals surface area contributed by atoms with Gasteiger partial charge in [-0.1, -0.05) is 18.2 Å². The molecule has 0 bridgehead atoms. The maximum atomic E-state index is 13.0. The number of pyridine rings is 1. The molecule has 6 nitrogen and oxygen atoms in total. The van der Waals surface area contributed by atoms with Crippen LogP contribution in [0.2, 0.25) is 0 Å². The Bertz CT molecular complexity index is 1180. The zero-order chi connectivity index (χ0) is 21.8. The average Bonchev–Trinajstić information content (AvgIpc) is 3.27. The fraction of sp³-hybridized carbons (Fsp3) is 0.231. The number of rotatable bonds is 6. The molecule has 0 unspecified atom stereocenters. The summed E-state index contributed by atoms with van der Waals surface area (Å²) in [7, 11) is 0. The number of fused-ring (bicyclic) bond motifs is 1. The molecule has 0 atom stereocenters. The highest BCUT2D eigenvalue weighted by Crippen LogP contribution is 2.24. The van der Waals surface area contributed by atoms with Crippen LogP contribution in [0.15, 0.2) is 79.1 Å². The molecule has 32 heavy (non-hydrogen) atoms. The Morgan fingerprint density at radius 2 is 1.72 bits per heavy atom. The van der Waals surface area contributed by atoms with Gasteiger partial charge in [-0.05, 0) is 67.8 Å². The van der Waals surface area contributed by atoms with E-state index in [-0.39, 0.29) is 12.5 Å².